The van der Waals surface area contributed by atoms with Crippen LogP contribution in [0.2, 0.25) is 0 Å². The Morgan fingerprint density at radius 1 is 1.09 bits per heavy atom. The van der Waals surface area contributed by atoms with Gasteiger partial charge in [-0.3, -0.25) is 4.79 Å². The highest BCUT2D eigenvalue weighted by atomic mass is 32.2. The molecule has 1 aliphatic heterocycles. The summed E-state index contributed by atoms with van der Waals surface area (Å²) in [4.78, 5) is 16.9. The van der Waals surface area contributed by atoms with Gasteiger partial charge in [0.15, 0.2) is 0 Å². The number of ether oxygens (including phenoxy) is 1. The Kier molecular flexibility index (Phi) is 6.82. The van der Waals surface area contributed by atoms with Gasteiger partial charge in [-0.25, -0.2) is 22.5 Å². The van der Waals surface area contributed by atoms with Crippen molar-refractivity contribution in [1.29, 1.82) is 0 Å². The molecular weight excluding hydrogens is 449 g/mol. The van der Waals surface area contributed by atoms with Crippen LogP contribution < -0.4 is 5.32 Å². The highest BCUT2D eigenvalue weighted by Crippen LogP contribution is 2.17. The van der Waals surface area contributed by atoms with Crippen LogP contribution in [-0.4, -0.2) is 59.7 Å². The summed E-state index contributed by atoms with van der Waals surface area (Å²) in [6.07, 6.45) is 0. The Balaban J connectivity index is 1.45. The van der Waals surface area contributed by atoms with Crippen LogP contribution in [0.1, 0.15) is 27.6 Å². The van der Waals surface area contributed by atoms with Crippen LogP contribution in [0.25, 0.3) is 5.69 Å². The summed E-state index contributed by atoms with van der Waals surface area (Å²) in [6, 6.07) is 12.8. The number of nitrogens with one attached hydrogen (secondary N) is 1. The predicted octanol–water partition coefficient (Wildman–Crippen LogP) is 1.81. The number of carbonyl (C=O) groups is 1. The van der Waals surface area contributed by atoms with Crippen molar-refractivity contribution >= 4 is 15.9 Å². The topological polar surface area (TPSA) is 106 Å². The van der Waals surface area contributed by atoms with Crippen LogP contribution in [0.15, 0.2) is 48.5 Å². The molecule has 4 rings (SSSR count). The standard InChI is InChI=1S/C22H24FN5O4S/c1-16-25-21(26-28(16)20-8-6-19(23)7-9-20)22(29)24-14-17-4-2-3-5-18(17)15-33(30,31)27-10-12-32-13-11-27/h2-9H,10-15H2,1H3,(H,24,29). The first-order valence-electron chi connectivity index (χ1n) is 10.4. The molecule has 11 heteroatoms. The molecule has 9 nitrogen and oxygen atoms in total. The van der Waals surface area contributed by atoms with E-state index >= 15 is 0 Å². The van der Waals surface area contributed by atoms with Gasteiger partial charge in [0, 0.05) is 19.6 Å². The van der Waals surface area contributed by atoms with Gasteiger partial charge in [-0.05, 0) is 42.3 Å². The fraction of sp³-hybridized carbons (Fsp3) is 0.318. The number of halogens is 1. The van der Waals surface area contributed by atoms with Gasteiger partial charge in [0.25, 0.3) is 5.91 Å². The SMILES string of the molecule is Cc1nc(C(=O)NCc2ccccc2CS(=O)(=O)N2CCOCC2)nn1-c1ccc(F)cc1. The molecule has 0 radical (unpaired) electrons. The Hall–Kier alpha value is -3.15. The molecule has 1 saturated heterocycles. The molecule has 33 heavy (non-hydrogen) atoms. The lowest BCUT2D eigenvalue weighted by atomic mass is 10.1. The molecule has 0 unspecified atom stereocenters. The van der Waals surface area contributed by atoms with E-state index in [9.17, 15) is 17.6 Å². The molecule has 1 aromatic heterocycles. The zero-order valence-corrected chi connectivity index (χ0v) is 18.9. The molecule has 174 valence electrons. The summed E-state index contributed by atoms with van der Waals surface area (Å²) in [5, 5.41) is 6.98. The van der Waals surface area contributed by atoms with E-state index in [-0.39, 0.29) is 23.9 Å². The Labute approximate surface area is 191 Å². The van der Waals surface area contributed by atoms with E-state index in [1.807, 2.05) is 0 Å². The third-order valence-electron chi connectivity index (χ3n) is 5.30. The molecule has 0 atom stereocenters. The highest BCUT2D eigenvalue weighted by Gasteiger charge is 2.25. The molecular formula is C22H24FN5O4S. The maximum atomic E-state index is 13.2. The van der Waals surface area contributed by atoms with Gasteiger partial charge < -0.3 is 10.1 Å². The first-order valence-corrected chi connectivity index (χ1v) is 12.0. The van der Waals surface area contributed by atoms with Crippen LogP contribution in [0.4, 0.5) is 4.39 Å². The zero-order chi connectivity index (χ0) is 23.4. The van der Waals surface area contributed by atoms with Crippen LogP contribution in [0.3, 0.4) is 0 Å². The second-order valence-electron chi connectivity index (χ2n) is 7.59. The van der Waals surface area contributed by atoms with Gasteiger partial charge in [-0.15, -0.1) is 5.10 Å². The van der Waals surface area contributed by atoms with E-state index in [1.54, 1.807) is 43.3 Å². The summed E-state index contributed by atoms with van der Waals surface area (Å²) in [5.41, 5.74) is 1.89. The highest BCUT2D eigenvalue weighted by molar-refractivity contribution is 7.88. The van der Waals surface area contributed by atoms with Crippen LogP contribution in [0, 0.1) is 12.7 Å². The van der Waals surface area contributed by atoms with Crippen LogP contribution >= 0.6 is 0 Å². The van der Waals surface area contributed by atoms with E-state index in [0.717, 1.165) is 0 Å². The molecule has 0 aliphatic carbocycles. The third kappa shape index (κ3) is 5.44. The lowest BCUT2D eigenvalue weighted by molar-refractivity contribution is 0.0729. The number of aromatic nitrogens is 3. The molecule has 2 aromatic carbocycles. The molecule has 1 aliphatic rings. The summed E-state index contributed by atoms with van der Waals surface area (Å²) in [6.45, 7) is 3.25. The van der Waals surface area contributed by atoms with E-state index in [1.165, 1.54) is 21.1 Å². The maximum Gasteiger partial charge on any atom is 0.291 e. The van der Waals surface area contributed by atoms with Gasteiger partial charge >= 0.3 is 0 Å². The average Bonchev–Trinajstić information content (AvgIpc) is 3.21. The Bertz CT molecular complexity index is 1240. The first-order chi connectivity index (χ1) is 15.8. The van der Waals surface area contributed by atoms with Crippen molar-refractivity contribution in [2.45, 2.75) is 19.2 Å². The number of aryl methyl sites for hydroxylation is 1. The number of benzene rings is 2. The van der Waals surface area contributed by atoms with Crippen molar-refractivity contribution < 1.29 is 22.3 Å². The monoisotopic (exact) mass is 473 g/mol. The molecule has 3 aromatic rings. The lowest BCUT2D eigenvalue weighted by Gasteiger charge is -2.26. The van der Waals surface area contributed by atoms with Crippen molar-refractivity contribution in [1.82, 2.24) is 24.4 Å². The van der Waals surface area contributed by atoms with Crippen LogP contribution in [0.5, 0.6) is 0 Å². The number of carbonyl (C=O) groups excluding carboxylic acids is 1. The second kappa shape index (κ2) is 9.77. The number of sulfonamides is 1. The van der Waals surface area contributed by atoms with Crippen LogP contribution in [-0.2, 0) is 27.1 Å². The number of nitrogens with zero attached hydrogens (tertiary/aromatic N) is 4. The van der Waals surface area contributed by atoms with Gasteiger partial charge in [-0.2, -0.15) is 4.31 Å². The predicted molar refractivity (Wildman–Crippen MR) is 119 cm³/mol. The minimum Gasteiger partial charge on any atom is -0.379 e. The van der Waals surface area contributed by atoms with Crippen molar-refractivity contribution in [2.24, 2.45) is 0 Å². The maximum absolute atomic E-state index is 13.2. The average molecular weight is 474 g/mol. The number of hydrogen-bond donors (Lipinski definition) is 1. The summed E-state index contributed by atoms with van der Waals surface area (Å²) < 4.78 is 46.9. The largest absolute Gasteiger partial charge is 0.379 e. The second-order valence-corrected chi connectivity index (χ2v) is 9.56. The number of hydrogen-bond acceptors (Lipinski definition) is 6. The lowest BCUT2D eigenvalue weighted by Crippen LogP contribution is -2.41. The smallest absolute Gasteiger partial charge is 0.291 e. The Morgan fingerprint density at radius 3 is 2.45 bits per heavy atom. The fourth-order valence-electron chi connectivity index (χ4n) is 3.55. The van der Waals surface area contributed by atoms with E-state index < -0.39 is 15.9 Å². The minimum absolute atomic E-state index is 0.0322. The van der Waals surface area contributed by atoms with E-state index in [0.29, 0.717) is 48.9 Å². The Morgan fingerprint density at radius 2 is 1.76 bits per heavy atom. The van der Waals surface area contributed by atoms with Gasteiger partial charge in [-0.1, -0.05) is 24.3 Å². The molecule has 2 heterocycles. The zero-order valence-electron chi connectivity index (χ0n) is 18.1. The van der Waals surface area contributed by atoms with Crippen molar-refractivity contribution in [3.8, 4) is 5.69 Å². The molecule has 0 bridgehead atoms. The third-order valence-corrected chi connectivity index (χ3v) is 7.13. The quantitative estimate of drug-likeness (QED) is 0.561. The number of morpholine rings is 1. The molecule has 1 fully saturated rings. The normalized spacial score (nSPS) is 14.8. The first kappa shape index (κ1) is 23.0. The van der Waals surface area contributed by atoms with E-state index in [4.69, 9.17) is 4.74 Å². The van der Waals surface area contributed by atoms with Gasteiger partial charge in [0.2, 0.25) is 15.8 Å². The van der Waals surface area contributed by atoms with Crippen molar-refractivity contribution in [2.75, 3.05) is 26.3 Å². The molecule has 0 spiro atoms. The fourth-order valence-corrected chi connectivity index (χ4v) is 5.11. The van der Waals surface area contributed by atoms with Crippen molar-refractivity contribution in [3.05, 3.63) is 77.1 Å². The molecule has 1 N–H and O–H groups in total. The van der Waals surface area contributed by atoms with Gasteiger partial charge in [0.1, 0.15) is 11.6 Å². The molecule has 0 saturated carbocycles. The summed E-state index contributed by atoms with van der Waals surface area (Å²) in [5.74, 6) is -0.581. The summed E-state index contributed by atoms with van der Waals surface area (Å²) >= 11 is 0. The van der Waals surface area contributed by atoms with Crippen molar-refractivity contribution in [3.63, 3.8) is 0 Å². The van der Waals surface area contributed by atoms with Gasteiger partial charge in [0.05, 0.1) is 24.7 Å². The molecule has 1 amide bonds. The summed E-state index contributed by atoms with van der Waals surface area (Å²) in [7, 11) is -3.50. The van der Waals surface area contributed by atoms with E-state index in [2.05, 4.69) is 15.4 Å². The number of rotatable bonds is 7. The minimum atomic E-state index is -3.50. The number of amides is 1.